The Bertz CT molecular complexity index is 506. The van der Waals surface area contributed by atoms with Gasteiger partial charge in [0, 0.05) is 25.4 Å². The van der Waals surface area contributed by atoms with Gasteiger partial charge >= 0.3 is 5.97 Å². The number of rotatable bonds is 8. The van der Waals surface area contributed by atoms with E-state index in [-0.39, 0.29) is 6.42 Å². The van der Waals surface area contributed by atoms with Crippen molar-refractivity contribution >= 4 is 17.6 Å². The number of anilines is 2. The molecule has 2 rings (SSSR count). The van der Waals surface area contributed by atoms with E-state index in [1.54, 1.807) is 12.4 Å². The van der Waals surface area contributed by atoms with Crippen LogP contribution >= 0.6 is 0 Å². The van der Waals surface area contributed by atoms with Crippen molar-refractivity contribution < 1.29 is 9.90 Å². The molecule has 0 saturated heterocycles. The van der Waals surface area contributed by atoms with Crippen molar-refractivity contribution in [2.24, 2.45) is 0 Å². The lowest BCUT2D eigenvalue weighted by molar-refractivity contribution is -0.137. The molecule has 0 saturated carbocycles. The first-order valence-electron chi connectivity index (χ1n) is 7.09. The fraction of sp³-hybridized carbons (Fsp3) is 0.312. The molecule has 0 radical (unpaired) electrons. The zero-order valence-electron chi connectivity index (χ0n) is 11.9. The predicted molar refractivity (Wildman–Crippen MR) is 81.6 cm³/mol. The van der Waals surface area contributed by atoms with Gasteiger partial charge in [-0.1, -0.05) is 18.6 Å². The van der Waals surface area contributed by atoms with Crippen LogP contribution < -0.4 is 4.90 Å². The molecule has 2 aromatic rings. The van der Waals surface area contributed by atoms with Crippen molar-refractivity contribution in [1.82, 2.24) is 9.97 Å². The Morgan fingerprint density at radius 3 is 2.05 bits per heavy atom. The highest BCUT2D eigenvalue weighted by Gasteiger charge is 2.10. The number of pyridine rings is 2. The summed E-state index contributed by atoms with van der Waals surface area (Å²) in [7, 11) is 0. The van der Waals surface area contributed by atoms with Gasteiger partial charge in [0.15, 0.2) is 0 Å². The van der Waals surface area contributed by atoms with E-state index >= 15 is 0 Å². The van der Waals surface area contributed by atoms with Crippen molar-refractivity contribution in [2.45, 2.75) is 25.7 Å². The van der Waals surface area contributed by atoms with Crippen LogP contribution in [0, 0.1) is 0 Å². The molecule has 0 amide bonds. The van der Waals surface area contributed by atoms with Crippen LogP contribution in [0.2, 0.25) is 0 Å². The molecule has 0 unspecified atom stereocenters. The maximum Gasteiger partial charge on any atom is 0.303 e. The number of unbranched alkanes of at least 4 members (excludes halogenated alkanes) is 2. The van der Waals surface area contributed by atoms with Gasteiger partial charge in [-0.3, -0.25) is 4.79 Å². The monoisotopic (exact) mass is 285 g/mol. The highest BCUT2D eigenvalue weighted by Crippen LogP contribution is 2.21. The first-order valence-corrected chi connectivity index (χ1v) is 7.09. The van der Waals surface area contributed by atoms with Gasteiger partial charge in [-0.15, -0.1) is 0 Å². The van der Waals surface area contributed by atoms with E-state index in [9.17, 15) is 4.79 Å². The molecule has 5 nitrogen and oxygen atoms in total. The number of carbonyl (C=O) groups is 1. The molecule has 0 aliphatic rings. The third kappa shape index (κ3) is 4.87. The molecule has 0 fully saturated rings. The van der Waals surface area contributed by atoms with Crippen LogP contribution in [-0.4, -0.2) is 27.6 Å². The zero-order valence-corrected chi connectivity index (χ0v) is 11.9. The van der Waals surface area contributed by atoms with E-state index < -0.39 is 5.97 Å². The van der Waals surface area contributed by atoms with Gasteiger partial charge in [0.05, 0.1) is 0 Å². The second kappa shape index (κ2) is 7.99. The Hall–Kier alpha value is -2.43. The molecule has 0 aromatic carbocycles. The summed E-state index contributed by atoms with van der Waals surface area (Å²) in [4.78, 5) is 21.3. The van der Waals surface area contributed by atoms with Gasteiger partial charge in [-0.2, -0.15) is 0 Å². The highest BCUT2D eigenvalue weighted by molar-refractivity contribution is 5.66. The van der Waals surface area contributed by atoms with Crippen LogP contribution in [0.1, 0.15) is 25.7 Å². The van der Waals surface area contributed by atoms with Crippen molar-refractivity contribution in [2.75, 3.05) is 11.4 Å². The van der Waals surface area contributed by atoms with E-state index in [1.807, 2.05) is 36.4 Å². The van der Waals surface area contributed by atoms with Crippen LogP contribution in [-0.2, 0) is 4.79 Å². The zero-order chi connectivity index (χ0) is 14.9. The number of aromatic nitrogens is 2. The fourth-order valence-corrected chi connectivity index (χ4v) is 2.10. The number of aliphatic carboxylic acids is 1. The Labute approximate surface area is 124 Å². The average molecular weight is 285 g/mol. The number of carboxylic acid groups (broad SMARTS) is 1. The summed E-state index contributed by atoms with van der Waals surface area (Å²) in [5.41, 5.74) is 0. The van der Waals surface area contributed by atoms with Crippen LogP contribution in [0.4, 0.5) is 11.6 Å². The maximum atomic E-state index is 10.5. The smallest absolute Gasteiger partial charge is 0.303 e. The Balaban J connectivity index is 1.99. The number of hydrogen-bond acceptors (Lipinski definition) is 4. The van der Waals surface area contributed by atoms with Crippen molar-refractivity contribution in [3.05, 3.63) is 48.8 Å². The Kier molecular flexibility index (Phi) is 5.70. The molecule has 2 heterocycles. The van der Waals surface area contributed by atoms with Crippen LogP contribution in [0.3, 0.4) is 0 Å². The van der Waals surface area contributed by atoms with Crippen molar-refractivity contribution in [3.8, 4) is 0 Å². The third-order valence-electron chi connectivity index (χ3n) is 3.12. The summed E-state index contributed by atoms with van der Waals surface area (Å²) in [5.74, 6) is 0.977. The van der Waals surface area contributed by atoms with Gasteiger partial charge < -0.3 is 10.0 Å². The number of carboxylic acids is 1. The predicted octanol–water partition coefficient (Wildman–Crippen LogP) is 3.26. The summed E-state index contributed by atoms with van der Waals surface area (Å²) in [6.07, 6.45) is 6.23. The van der Waals surface area contributed by atoms with Gasteiger partial charge in [-0.25, -0.2) is 9.97 Å². The van der Waals surface area contributed by atoms with E-state index in [2.05, 4.69) is 14.9 Å². The van der Waals surface area contributed by atoms with Crippen molar-refractivity contribution in [3.63, 3.8) is 0 Å². The molecule has 0 bridgehead atoms. The molecular weight excluding hydrogens is 266 g/mol. The lowest BCUT2D eigenvalue weighted by Gasteiger charge is -2.22. The fourth-order valence-electron chi connectivity index (χ4n) is 2.10. The number of nitrogens with zero attached hydrogens (tertiary/aromatic N) is 3. The average Bonchev–Trinajstić information content (AvgIpc) is 2.52. The molecular formula is C16H19N3O2. The first-order chi connectivity index (χ1) is 10.3. The van der Waals surface area contributed by atoms with E-state index in [1.165, 1.54) is 0 Å². The largest absolute Gasteiger partial charge is 0.481 e. The molecule has 21 heavy (non-hydrogen) atoms. The standard InChI is InChI=1S/C16H19N3O2/c20-16(21)10-2-1-7-13-19(14-8-3-5-11-17-14)15-9-4-6-12-18-15/h3-6,8-9,11-12H,1-2,7,10,13H2,(H,20,21). The first kappa shape index (κ1) is 15.0. The third-order valence-corrected chi connectivity index (χ3v) is 3.12. The molecule has 5 heteroatoms. The summed E-state index contributed by atoms with van der Waals surface area (Å²) in [5, 5.41) is 8.65. The SMILES string of the molecule is O=C(O)CCCCCN(c1ccccn1)c1ccccn1. The van der Waals surface area contributed by atoms with Crippen LogP contribution in [0.25, 0.3) is 0 Å². The molecule has 0 aliphatic carbocycles. The Morgan fingerprint density at radius 1 is 0.952 bits per heavy atom. The minimum atomic E-state index is -0.735. The molecule has 2 aromatic heterocycles. The second-order valence-electron chi connectivity index (χ2n) is 4.73. The maximum absolute atomic E-state index is 10.5. The lowest BCUT2D eigenvalue weighted by Crippen LogP contribution is -2.20. The lowest BCUT2D eigenvalue weighted by atomic mass is 10.2. The van der Waals surface area contributed by atoms with E-state index in [0.29, 0.717) is 6.42 Å². The highest BCUT2D eigenvalue weighted by atomic mass is 16.4. The van der Waals surface area contributed by atoms with Crippen molar-refractivity contribution in [1.29, 1.82) is 0 Å². The molecule has 0 spiro atoms. The summed E-state index contributed by atoms with van der Waals surface area (Å²) in [6.45, 7) is 0.771. The quantitative estimate of drug-likeness (QED) is 0.754. The van der Waals surface area contributed by atoms with Crippen LogP contribution in [0.15, 0.2) is 48.8 Å². The summed E-state index contributed by atoms with van der Waals surface area (Å²) in [6, 6.07) is 11.6. The van der Waals surface area contributed by atoms with Gasteiger partial charge in [0.2, 0.25) is 0 Å². The molecule has 1 N–H and O–H groups in total. The molecule has 0 atom stereocenters. The van der Waals surface area contributed by atoms with Gasteiger partial charge in [-0.05, 0) is 37.1 Å². The minimum Gasteiger partial charge on any atom is -0.481 e. The van der Waals surface area contributed by atoms with E-state index in [0.717, 1.165) is 31.0 Å². The summed E-state index contributed by atoms with van der Waals surface area (Å²) >= 11 is 0. The van der Waals surface area contributed by atoms with Crippen LogP contribution in [0.5, 0.6) is 0 Å². The minimum absolute atomic E-state index is 0.229. The Morgan fingerprint density at radius 2 is 1.57 bits per heavy atom. The van der Waals surface area contributed by atoms with E-state index in [4.69, 9.17) is 5.11 Å². The van der Waals surface area contributed by atoms with Gasteiger partial charge in [0.25, 0.3) is 0 Å². The molecule has 0 aliphatic heterocycles. The second-order valence-corrected chi connectivity index (χ2v) is 4.73. The normalized spacial score (nSPS) is 10.3. The molecule has 110 valence electrons. The number of hydrogen-bond donors (Lipinski definition) is 1. The summed E-state index contributed by atoms with van der Waals surface area (Å²) < 4.78 is 0. The topological polar surface area (TPSA) is 66.3 Å². The van der Waals surface area contributed by atoms with Gasteiger partial charge in [0.1, 0.15) is 11.6 Å².